The minimum absolute atomic E-state index is 0.146. The predicted octanol–water partition coefficient (Wildman–Crippen LogP) is 3.23. The fourth-order valence-corrected chi connectivity index (χ4v) is 3.96. The Kier molecular flexibility index (Phi) is 6.39. The van der Waals surface area contributed by atoms with Crippen LogP contribution in [0.4, 0.5) is 26.0 Å². The van der Waals surface area contributed by atoms with E-state index in [1.165, 1.54) is 16.9 Å². The molecule has 3 aromatic rings. The summed E-state index contributed by atoms with van der Waals surface area (Å²) in [5.74, 6) is -3.21. The van der Waals surface area contributed by atoms with Crippen molar-refractivity contribution in [2.45, 2.75) is 33.2 Å². The quantitative estimate of drug-likeness (QED) is 0.483. The van der Waals surface area contributed by atoms with Crippen LogP contribution in [0.2, 0.25) is 0 Å². The van der Waals surface area contributed by atoms with Crippen molar-refractivity contribution in [3.05, 3.63) is 47.8 Å². The van der Waals surface area contributed by atoms with Crippen molar-refractivity contribution in [2.75, 3.05) is 21.1 Å². The van der Waals surface area contributed by atoms with Gasteiger partial charge < -0.3 is 10.6 Å². The normalized spacial score (nSPS) is 11.7. The van der Waals surface area contributed by atoms with Crippen LogP contribution in [0.15, 0.2) is 30.6 Å². The molecule has 31 heavy (non-hydrogen) atoms. The van der Waals surface area contributed by atoms with E-state index in [9.17, 15) is 22.0 Å². The molecule has 0 aliphatic carbocycles. The van der Waals surface area contributed by atoms with Crippen molar-refractivity contribution < 1.29 is 22.0 Å². The number of rotatable bonds is 8. The van der Waals surface area contributed by atoms with E-state index in [1.54, 1.807) is 13.0 Å². The number of hydrogen-bond acceptors (Lipinski definition) is 6. The zero-order valence-corrected chi connectivity index (χ0v) is 17.9. The Morgan fingerprint density at radius 1 is 1.26 bits per heavy atom. The molecule has 0 spiro atoms. The van der Waals surface area contributed by atoms with Gasteiger partial charge in [-0.3, -0.25) is 9.52 Å². The maximum atomic E-state index is 14.8. The summed E-state index contributed by atoms with van der Waals surface area (Å²) in [6.45, 7) is 5.54. The molecule has 0 radical (unpaired) electrons. The average molecular weight is 452 g/mol. The van der Waals surface area contributed by atoms with Gasteiger partial charge in [0.05, 0.1) is 29.5 Å². The van der Waals surface area contributed by atoms with Gasteiger partial charge in [-0.15, -0.1) is 5.10 Å². The van der Waals surface area contributed by atoms with Gasteiger partial charge in [-0.05, 0) is 32.4 Å². The number of hydrogen-bond donors (Lipinski definition) is 3. The van der Waals surface area contributed by atoms with Crippen LogP contribution in [0.3, 0.4) is 0 Å². The number of carbonyl (C=O) groups excluding carboxylic acids is 1. The van der Waals surface area contributed by atoms with Gasteiger partial charge in [-0.1, -0.05) is 6.92 Å². The van der Waals surface area contributed by atoms with E-state index in [-0.39, 0.29) is 17.5 Å². The van der Waals surface area contributed by atoms with Gasteiger partial charge in [0.25, 0.3) is 5.91 Å². The predicted molar refractivity (Wildman–Crippen MR) is 114 cm³/mol. The number of nitrogens with zero attached hydrogens (tertiary/aromatic N) is 3. The molecule has 0 bridgehead atoms. The van der Waals surface area contributed by atoms with Crippen molar-refractivity contribution in [1.82, 2.24) is 14.6 Å². The molecule has 0 aliphatic heterocycles. The van der Waals surface area contributed by atoms with E-state index in [1.807, 2.05) is 18.6 Å². The molecule has 1 amide bonds. The standard InChI is InChI=1S/C19H22F2N6O3S/c1-4-7-31(29,30)26-14-6-5-13(20)17(18(14)21)19(28)24-12-9-22-16-8-15(23-11(2)3)25-27(16)10-12/h5-6,8-11,26H,4,7H2,1-3H3,(H,23,25)(H,24,28). The summed E-state index contributed by atoms with van der Waals surface area (Å²) in [7, 11) is -3.82. The molecular weight excluding hydrogens is 430 g/mol. The third-order valence-electron chi connectivity index (χ3n) is 4.06. The lowest BCUT2D eigenvalue weighted by Crippen LogP contribution is -2.20. The largest absolute Gasteiger partial charge is 0.366 e. The minimum atomic E-state index is -3.82. The minimum Gasteiger partial charge on any atom is -0.366 e. The summed E-state index contributed by atoms with van der Waals surface area (Å²) in [6.07, 6.45) is 3.07. The molecule has 166 valence electrons. The lowest BCUT2D eigenvalue weighted by molar-refractivity contribution is 0.101. The summed E-state index contributed by atoms with van der Waals surface area (Å²) in [5, 5.41) is 9.74. The van der Waals surface area contributed by atoms with Crippen molar-refractivity contribution in [3.63, 3.8) is 0 Å². The Morgan fingerprint density at radius 2 is 2.00 bits per heavy atom. The fourth-order valence-electron chi connectivity index (χ4n) is 2.83. The monoisotopic (exact) mass is 452 g/mol. The second-order valence-electron chi connectivity index (χ2n) is 7.13. The molecule has 0 saturated carbocycles. The van der Waals surface area contributed by atoms with E-state index in [4.69, 9.17) is 0 Å². The first kappa shape index (κ1) is 22.4. The number of fused-ring (bicyclic) bond motifs is 1. The molecule has 2 aromatic heterocycles. The molecule has 3 rings (SSSR count). The maximum absolute atomic E-state index is 14.8. The number of aromatic nitrogens is 3. The third kappa shape index (κ3) is 5.26. The number of anilines is 3. The number of amides is 1. The first-order valence-corrected chi connectivity index (χ1v) is 11.2. The molecular formula is C19H22F2N6O3S. The average Bonchev–Trinajstić information content (AvgIpc) is 3.04. The summed E-state index contributed by atoms with van der Waals surface area (Å²) >= 11 is 0. The number of benzene rings is 1. The van der Waals surface area contributed by atoms with Gasteiger partial charge in [0.15, 0.2) is 17.3 Å². The van der Waals surface area contributed by atoms with Gasteiger partial charge in [-0.2, -0.15) is 0 Å². The van der Waals surface area contributed by atoms with E-state index in [2.05, 4.69) is 20.7 Å². The maximum Gasteiger partial charge on any atom is 0.261 e. The number of nitrogens with one attached hydrogen (secondary N) is 3. The topological polar surface area (TPSA) is 117 Å². The number of carbonyl (C=O) groups is 1. The van der Waals surface area contributed by atoms with Crippen molar-refractivity contribution in [1.29, 1.82) is 0 Å². The zero-order chi connectivity index (χ0) is 22.8. The third-order valence-corrected chi connectivity index (χ3v) is 5.54. The van der Waals surface area contributed by atoms with E-state index >= 15 is 0 Å². The van der Waals surface area contributed by atoms with Crippen LogP contribution in [0.25, 0.3) is 5.65 Å². The molecule has 1 aromatic carbocycles. The van der Waals surface area contributed by atoms with Gasteiger partial charge >= 0.3 is 0 Å². The highest BCUT2D eigenvalue weighted by molar-refractivity contribution is 7.92. The highest BCUT2D eigenvalue weighted by Gasteiger charge is 2.23. The number of sulfonamides is 1. The van der Waals surface area contributed by atoms with Gasteiger partial charge in [0.2, 0.25) is 10.0 Å². The highest BCUT2D eigenvalue weighted by atomic mass is 32.2. The van der Waals surface area contributed by atoms with Crippen molar-refractivity contribution >= 4 is 38.8 Å². The Bertz CT molecular complexity index is 1230. The smallest absolute Gasteiger partial charge is 0.261 e. The van der Waals surface area contributed by atoms with Crippen LogP contribution >= 0.6 is 0 Å². The van der Waals surface area contributed by atoms with Gasteiger partial charge in [-0.25, -0.2) is 26.7 Å². The molecule has 12 heteroatoms. The number of halogens is 2. The van der Waals surface area contributed by atoms with Crippen LogP contribution in [-0.2, 0) is 10.0 Å². The van der Waals surface area contributed by atoms with Gasteiger partial charge in [0.1, 0.15) is 11.4 Å². The van der Waals surface area contributed by atoms with Crippen LogP contribution in [0.5, 0.6) is 0 Å². The Morgan fingerprint density at radius 3 is 2.68 bits per heavy atom. The SMILES string of the molecule is CCCS(=O)(=O)Nc1ccc(F)c(C(=O)Nc2cnc3cc(NC(C)C)nn3c2)c1F. The molecule has 0 fully saturated rings. The lowest BCUT2D eigenvalue weighted by atomic mass is 10.1. The highest BCUT2D eigenvalue weighted by Crippen LogP contribution is 2.24. The molecule has 0 unspecified atom stereocenters. The first-order chi connectivity index (χ1) is 14.6. The van der Waals surface area contributed by atoms with Gasteiger partial charge in [0, 0.05) is 12.1 Å². The van der Waals surface area contributed by atoms with E-state index < -0.39 is 38.8 Å². The lowest BCUT2D eigenvalue weighted by Gasteiger charge is -2.12. The molecule has 0 aliphatic rings. The molecule has 2 heterocycles. The van der Waals surface area contributed by atoms with Crippen molar-refractivity contribution in [3.8, 4) is 0 Å². The summed E-state index contributed by atoms with van der Waals surface area (Å²) in [4.78, 5) is 16.7. The van der Waals surface area contributed by atoms with Crippen LogP contribution < -0.4 is 15.4 Å². The summed E-state index contributed by atoms with van der Waals surface area (Å²) in [6, 6.07) is 3.60. The molecule has 3 N–H and O–H groups in total. The molecule has 9 nitrogen and oxygen atoms in total. The van der Waals surface area contributed by atoms with Crippen LogP contribution in [-0.4, -0.2) is 40.7 Å². The zero-order valence-electron chi connectivity index (χ0n) is 17.1. The molecule has 0 saturated heterocycles. The Labute approximate surface area is 177 Å². The Hall–Kier alpha value is -3.28. The fraction of sp³-hybridized carbons (Fsp3) is 0.316. The first-order valence-electron chi connectivity index (χ1n) is 9.51. The second-order valence-corrected chi connectivity index (χ2v) is 8.97. The Balaban J connectivity index is 1.86. The summed E-state index contributed by atoms with van der Waals surface area (Å²) < 4.78 is 56.2. The van der Waals surface area contributed by atoms with E-state index in [0.29, 0.717) is 17.9 Å². The van der Waals surface area contributed by atoms with Crippen molar-refractivity contribution in [2.24, 2.45) is 0 Å². The molecule has 0 atom stereocenters. The van der Waals surface area contributed by atoms with Crippen LogP contribution in [0.1, 0.15) is 37.6 Å². The second kappa shape index (κ2) is 8.84. The van der Waals surface area contributed by atoms with Crippen LogP contribution in [0, 0.1) is 11.6 Å². The van der Waals surface area contributed by atoms with E-state index in [0.717, 1.165) is 12.1 Å². The summed E-state index contributed by atoms with van der Waals surface area (Å²) in [5.41, 5.74) is -0.775.